The fourth-order valence-electron chi connectivity index (χ4n) is 2.30. The van der Waals surface area contributed by atoms with Gasteiger partial charge in [0, 0.05) is 24.6 Å². The molecule has 0 saturated carbocycles. The van der Waals surface area contributed by atoms with Crippen LogP contribution in [0.25, 0.3) is 0 Å². The maximum Gasteiger partial charge on any atom is 0.326 e. The molecule has 132 valence electrons. The Morgan fingerprint density at radius 2 is 1.69 bits per heavy atom. The summed E-state index contributed by atoms with van der Waals surface area (Å²) in [5, 5.41) is 23.2. The van der Waals surface area contributed by atoms with Crippen LogP contribution in [0.1, 0.15) is 28.4 Å². The number of nitrogens with zero attached hydrogens (tertiary/aromatic N) is 1. The lowest BCUT2D eigenvalue weighted by molar-refractivity contribution is -0.139. The molecule has 0 unspecified atom stereocenters. The van der Waals surface area contributed by atoms with Gasteiger partial charge in [0.1, 0.15) is 6.04 Å². The highest BCUT2D eigenvalue weighted by Gasteiger charge is 2.21. The van der Waals surface area contributed by atoms with E-state index in [2.05, 4.69) is 10.6 Å². The third-order valence-corrected chi connectivity index (χ3v) is 3.59. The zero-order chi connectivity index (χ0) is 19.1. The first-order valence-corrected chi connectivity index (χ1v) is 7.79. The molecule has 2 amide bonds. The summed E-state index contributed by atoms with van der Waals surface area (Å²) < 4.78 is 0. The molecule has 0 bridgehead atoms. The van der Waals surface area contributed by atoms with E-state index in [0.717, 1.165) is 0 Å². The van der Waals surface area contributed by atoms with Crippen molar-refractivity contribution in [2.75, 3.05) is 5.32 Å². The van der Waals surface area contributed by atoms with Crippen molar-refractivity contribution in [1.82, 2.24) is 5.32 Å². The smallest absolute Gasteiger partial charge is 0.326 e. The fourth-order valence-corrected chi connectivity index (χ4v) is 2.30. The predicted octanol–water partition coefficient (Wildman–Crippen LogP) is 1.94. The van der Waals surface area contributed by atoms with Crippen molar-refractivity contribution in [2.24, 2.45) is 0 Å². The third kappa shape index (κ3) is 5.18. The minimum atomic E-state index is -1.16. The van der Waals surface area contributed by atoms with E-state index >= 15 is 0 Å². The standard InChI is InChI=1S/C19H17N3O4/c1-12(23)21-16-8-6-15(7-9-16)18(24)22-17(19(25)26)10-13-2-4-14(11-20)5-3-13/h2-9,17H,10H2,1H3,(H,21,23)(H,22,24)(H,25,26)/t17-/m0/s1. The molecule has 0 radical (unpaired) electrons. The minimum Gasteiger partial charge on any atom is -0.480 e. The molecule has 3 N–H and O–H groups in total. The van der Waals surface area contributed by atoms with Crippen LogP contribution in [0.5, 0.6) is 0 Å². The highest BCUT2D eigenvalue weighted by molar-refractivity contribution is 5.97. The van der Waals surface area contributed by atoms with Crippen LogP contribution in [0.4, 0.5) is 5.69 Å². The van der Waals surface area contributed by atoms with Gasteiger partial charge in [0.05, 0.1) is 11.6 Å². The molecule has 0 aliphatic rings. The van der Waals surface area contributed by atoms with Gasteiger partial charge in [-0.05, 0) is 42.0 Å². The number of nitrogens with one attached hydrogen (secondary N) is 2. The number of hydrogen-bond acceptors (Lipinski definition) is 4. The number of hydrogen-bond donors (Lipinski definition) is 3. The third-order valence-electron chi connectivity index (χ3n) is 3.59. The van der Waals surface area contributed by atoms with Crippen molar-refractivity contribution >= 4 is 23.5 Å². The van der Waals surface area contributed by atoms with Gasteiger partial charge in [-0.15, -0.1) is 0 Å². The van der Waals surface area contributed by atoms with E-state index in [9.17, 15) is 19.5 Å². The zero-order valence-corrected chi connectivity index (χ0v) is 14.0. The molecule has 0 aliphatic carbocycles. The summed E-state index contributed by atoms with van der Waals surface area (Å²) in [7, 11) is 0. The average Bonchev–Trinajstić information content (AvgIpc) is 2.61. The molecule has 26 heavy (non-hydrogen) atoms. The maximum absolute atomic E-state index is 12.3. The van der Waals surface area contributed by atoms with Gasteiger partial charge in [0.25, 0.3) is 5.91 Å². The van der Waals surface area contributed by atoms with Crippen LogP contribution in [0.2, 0.25) is 0 Å². The van der Waals surface area contributed by atoms with Crippen molar-refractivity contribution in [3.05, 3.63) is 65.2 Å². The monoisotopic (exact) mass is 351 g/mol. The van der Waals surface area contributed by atoms with Gasteiger partial charge in [0.2, 0.25) is 5.91 Å². The van der Waals surface area contributed by atoms with Crippen LogP contribution in [0, 0.1) is 11.3 Å². The summed E-state index contributed by atoms with van der Waals surface area (Å²) in [4.78, 5) is 34.7. The summed E-state index contributed by atoms with van der Waals surface area (Å²) in [5.74, 6) is -1.91. The predicted molar refractivity (Wildman–Crippen MR) is 94.5 cm³/mol. The summed E-state index contributed by atoms with van der Waals surface area (Å²) >= 11 is 0. The SMILES string of the molecule is CC(=O)Nc1ccc(C(=O)N[C@@H](Cc2ccc(C#N)cc2)C(=O)O)cc1. The number of aliphatic carboxylic acids is 1. The second-order valence-corrected chi connectivity index (χ2v) is 5.64. The lowest BCUT2D eigenvalue weighted by atomic mass is 10.0. The molecule has 0 heterocycles. The van der Waals surface area contributed by atoms with Gasteiger partial charge >= 0.3 is 5.97 Å². The molecular weight excluding hydrogens is 334 g/mol. The topological polar surface area (TPSA) is 119 Å². The van der Waals surface area contributed by atoms with Crippen molar-refractivity contribution in [2.45, 2.75) is 19.4 Å². The molecule has 7 heteroatoms. The van der Waals surface area contributed by atoms with Crippen LogP contribution in [-0.2, 0) is 16.0 Å². The number of carboxylic acids is 1. The minimum absolute atomic E-state index is 0.0940. The first kappa shape index (κ1) is 18.7. The molecule has 0 spiro atoms. The Kier molecular flexibility index (Phi) is 6.06. The van der Waals surface area contributed by atoms with E-state index in [-0.39, 0.29) is 17.9 Å². The highest BCUT2D eigenvalue weighted by Crippen LogP contribution is 2.11. The number of carbonyl (C=O) groups is 3. The molecule has 2 rings (SSSR count). The molecule has 0 saturated heterocycles. The van der Waals surface area contributed by atoms with E-state index < -0.39 is 17.9 Å². The summed E-state index contributed by atoms with van der Waals surface area (Å²) in [5.41, 5.74) is 1.99. The Morgan fingerprint density at radius 3 is 2.19 bits per heavy atom. The largest absolute Gasteiger partial charge is 0.480 e. The van der Waals surface area contributed by atoms with Gasteiger partial charge in [0.15, 0.2) is 0 Å². The van der Waals surface area contributed by atoms with Crippen molar-refractivity contribution in [1.29, 1.82) is 5.26 Å². The number of benzene rings is 2. The van der Waals surface area contributed by atoms with E-state index in [1.54, 1.807) is 36.4 Å². The van der Waals surface area contributed by atoms with Crippen molar-refractivity contribution in [3.63, 3.8) is 0 Å². The Morgan fingerprint density at radius 1 is 1.08 bits per heavy atom. The first-order chi connectivity index (χ1) is 12.4. The van der Waals surface area contributed by atoms with E-state index in [1.165, 1.54) is 19.1 Å². The molecule has 2 aromatic carbocycles. The number of amides is 2. The molecule has 0 aliphatic heterocycles. The van der Waals surface area contributed by atoms with Crippen LogP contribution in [0.15, 0.2) is 48.5 Å². The molecule has 0 fully saturated rings. The molecule has 1 atom stereocenters. The summed E-state index contributed by atoms with van der Waals surface area (Å²) in [6.07, 6.45) is 0.0940. The van der Waals surface area contributed by atoms with E-state index in [4.69, 9.17) is 5.26 Å². The Balaban J connectivity index is 2.06. The van der Waals surface area contributed by atoms with E-state index in [1.807, 2.05) is 6.07 Å². The quantitative estimate of drug-likeness (QED) is 0.735. The lowest BCUT2D eigenvalue weighted by Gasteiger charge is -2.15. The van der Waals surface area contributed by atoms with Crippen LogP contribution in [0.3, 0.4) is 0 Å². The number of carboxylic acid groups (broad SMARTS) is 1. The Labute approximate surface area is 150 Å². The molecule has 7 nitrogen and oxygen atoms in total. The van der Waals surface area contributed by atoms with Gasteiger partial charge in [-0.1, -0.05) is 12.1 Å². The Hall–Kier alpha value is -3.66. The van der Waals surface area contributed by atoms with Crippen LogP contribution in [-0.4, -0.2) is 28.9 Å². The van der Waals surface area contributed by atoms with Gasteiger partial charge in [-0.2, -0.15) is 5.26 Å². The maximum atomic E-state index is 12.3. The second-order valence-electron chi connectivity index (χ2n) is 5.64. The van der Waals surface area contributed by atoms with Gasteiger partial charge in [-0.25, -0.2) is 4.79 Å². The molecule has 0 aromatic heterocycles. The lowest BCUT2D eigenvalue weighted by Crippen LogP contribution is -2.42. The van der Waals surface area contributed by atoms with Crippen molar-refractivity contribution in [3.8, 4) is 6.07 Å². The highest BCUT2D eigenvalue weighted by atomic mass is 16.4. The number of carbonyl (C=O) groups excluding carboxylic acids is 2. The zero-order valence-electron chi connectivity index (χ0n) is 14.0. The number of rotatable bonds is 6. The normalized spacial score (nSPS) is 11.1. The van der Waals surface area contributed by atoms with Gasteiger partial charge < -0.3 is 15.7 Å². The second kappa shape index (κ2) is 8.44. The first-order valence-electron chi connectivity index (χ1n) is 7.79. The molecule has 2 aromatic rings. The van der Waals surface area contributed by atoms with Crippen LogP contribution < -0.4 is 10.6 Å². The van der Waals surface area contributed by atoms with Crippen LogP contribution >= 0.6 is 0 Å². The fraction of sp³-hybridized carbons (Fsp3) is 0.158. The van der Waals surface area contributed by atoms with Crippen molar-refractivity contribution < 1.29 is 19.5 Å². The Bertz CT molecular complexity index is 852. The summed E-state index contributed by atoms with van der Waals surface area (Å²) in [6.45, 7) is 1.38. The van der Waals surface area contributed by atoms with E-state index in [0.29, 0.717) is 16.8 Å². The average molecular weight is 351 g/mol. The summed E-state index contributed by atoms with van der Waals surface area (Å²) in [6, 6.07) is 13.5. The van der Waals surface area contributed by atoms with Gasteiger partial charge in [-0.3, -0.25) is 9.59 Å². The molecular formula is C19H17N3O4. The number of nitriles is 1. The number of anilines is 1.